The molecule has 6 heteroatoms. The van der Waals surface area contributed by atoms with Crippen LogP contribution in [0.25, 0.3) is 0 Å². The van der Waals surface area contributed by atoms with Gasteiger partial charge in [-0.3, -0.25) is 14.4 Å². The molecule has 6 nitrogen and oxygen atoms in total. The minimum atomic E-state index is -0.793. The first-order valence-electron chi connectivity index (χ1n) is 30.7. The van der Waals surface area contributed by atoms with Crippen LogP contribution in [0, 0.1) is 0 Å². The van der Waals surface area contributed by atoms with Crippen molar-refractivity contribution in [3.8, 4) is 0 Å². The Kier molecular flexibility index (Phi) is 57.8. The Morgan fingerprint density at radius 3 is 0.836 bits per heavy atom. The third-order valence-corrected chi connectivity index (χ3v) is 13.1. The van der Waals surface area contributed by atoms with Crippen molar-refractivity contribution in [3.63, 3.8) is 0 Å². The van der Waals surface area contributed by atoms with Crippen molar-refractivity contribution in [2.75, 3.05) is 13.2 Å². The second-order valence-electron chi connectivity index (χ2n) is 20.2. The number of carbonyl (C=O) groups is 3. The minimum Gasteiger partial charge on any atom is -0.462 e. The van der Waals surface area contributed by atoms with Crippen LogP contribution in [0.15, 0.2) is 97.2 Å². The molecule has 0 heterocycles. The van der Waals surface area contributed by atoms with E-state index in [9.17, 15) is 14.4 Å². The first-order chi connectivity index (χ1) is 36.0. The molecule has 0 rings (SSSR count). The number of unbranched alkanes of at least 4 members (excludes halogenated alkanes) is 28. The van der Waals surface area contributed by atoms with Gasteiger partial charge in [-0.05, 0) is 83.5 Å². The van der Waals surface area contributed by atoms with Gasteiger partial charge in [-0.15, -0.1) is 0 Å². The maximum absolute atomic E-state index is 12.9. The van der Waals surface area contributed by atoms with Gasteiger partial charge in [0.05, 0.1) is 0 Å². The molecule has 0 amide bonds. The Labute approximate surface area is 451 Å². The Morgan fingerprint density at radius 1 is 0.288 bits per heavy atom. The van der Waals surface area contributed by atoms with Gasteiger partial charge < -0.3 is 14.2 Å². The third kappa shape index (κ3) is 59.1. The number of carbonyl (C=O) groups excluding carboxylic acids is 3. The Bertz CT molecular complexity index is 1440. The predicted octanol–water partition coefficient (Wildman–Crippen LogP) is 20.9. The van der Waals surface area contributed by atoms with Crippen molar-refractivity contribution < 1.29 is 28.6 Å². The predicted molar refractivity (Wildman–Crippen MR) is 316 cm³/mol. The van der Waals surface area contributed by atoms with E-state index in [0.717, 1.165) is 109 Å². The summed E-state index contributed by atoms with van der Waals surface area (Å²) in [4.78, 5) is 38.2. The van der Waals surface area contributed by atoms with E-state index < -0.39 is 6.10 Å². The lowest BCUT2D eigenvalue weighted by Gasteiger charge is -2.18. The fraction of sp³-hybridized carbons (Fsp3) is 0.716. The van der Waals surface area contributed by atoms with E-state index in [-0.39, 0.29) is 31.1 Å². The number of hydrogen-bond donors (Lipinski definition) is 0. The number of esters is 3. The Balaban J connectivity index is 4.37. The summed E-state index contributed by atoms with van der Waals surface area (Å²) >= 11 is 0. The van der Waals surface area contributed by atoms with E-state index in [4.69, 9.17) is 14.2 Å². The fourth-order valence-corrected chi connectivity index (χ4v) is 8.52. The highest BCUT2D eigenvalue weighted by atomic mass is 16.6. The molecular formula is C67H114O6. The zero-order valence-electron chi connectivity index (χ0n) is 47.9. The van der Waals surface area contributed by atoms with Crippen molar-refractivity contribution in [3.05, 3.63) is 97.2 Å². The summed E-state index contributed by atoms with van der Waals surface area (Å²) < 4.78 is 16.8. The van der Waals surface area contributed by atoms with Crippen molar-refractivity contribution in [2.45, 2.75) is 297 Å². The second-order valence-corrected chi connectivity index (χ2v) is 20.2. The van der Waals surface area contributed by atoms with E-state index >= 15 is 0 Å². The molecule has 0 aromatic rings. The van der Waals surface area contributed by atoms with Gasteiger partial charge in [0, 0.05) is 19.3 Å². The molecule has 0 aromatic carbocycles. The maximum Gasteiger partial charge on any atom is 0.306 e. The SMILES string of the molecule is CC/C=C\C/C=C\C/C=C\C/C=C\C/C=C\C/C=C\C/C=C\C/C=C\CCCCC(=O)OCC(COC(=O)CCCCCCCCCCCCC)OC(=O)CCCCCCCCCCCCCCCCCCC. The number of ether oxygens (including phenoxy) is 3. The van der Waals surface area contributed by atoms with Crippen molar-refractivity contribution >= 4 is 17.9 Å². The topological polar surface area (TPSA) is 78.9 Å². The van der Waals surface area contributed by atoms with Gasteiger partial charge in [0.1, 0.15) is 13.2 Å². The van der Waals surface area contributed by atoms with Gasteiger partial charge in [-0.1, -0.05) is 285 Å². The van der Waals surface area contributed by atoms with Gasteiger partial charge in [-0.2, -0.15) is 0 Å². The Morgan fingerprint density at radius 2 is 0.534 bits per heavy atom. The molecule has 0 aliphatic rings. The molecule has 1 unspecified atom stereocenters. The quantitative estimate of drug-likeness (QED) is 0.0261. The van der Waals surface area contributed by atoms with Gasteiger partial charge in [0.25, 0.3) is 0 Å². The molecular weight excluding hydrogens is 901 g/mol. The molecule has 0 radical (unpaired) electrons. The van der Waals surface area contributed by atoms with Crippen LogP contribution in [0.2, 0.25) is 0 Å². The van der Waals surface area contributed by atoms with E-state index in [1.54, 1.807) is 0 Å². The maximum atomic E-state index is 12.9. The van der Waals surface area contributed by atoms with Gasteiger partial charge in [0.2, 0.25) is 0 Å². The standard InChI is InChI=1S/C67H114O6/c1-4-7-10-13-16-19-22-24-26-28-29-30-31-32-33-34-35-36-37-39-40-42-45-48-51-54-57-60-66(69)72-63-64(62-71-65(68)59-56-53-50-47-44-21-18-15-12-9-6-3)73-67(70)61-58-55-52-49-46-43-41-38-27-25-23-20-17-14-11-8-5-2/h7,10,16,19,24,26,29-30,32-33,35-36,39-40,45,48,64H,4-6,8-9,11-15,17-18,20-23,25,27-28,31,34,37-38,41-44,46-47,49-63H2,1-3H3/b10-7-,19-16-,26-24-,30-29-,33-32-,36-35-,40-39-,48-45-. The zero-order valence-corrected chi connectivity index (χ0v) is 47.9. The van der Waals surface area contributed by atoms with Crippen molar-refractivity contribution in [2.24, 2.45) is 0 Å². The normalized spacial score (nSPS) is 12.8. The zero-order chi connectivity index (χ0) is 52.9. The largest absolute Gasteiger partial charge is 0.462 e. The highest BCUT2D eigenvalue weighted by Gasteiger charge is 2.19. The molecule has 1 atom stereocenters. The molecule has 0 bridgehead atoms. The summed E-state index contributed by atoms with van der Waals surface area (Å²) in [5, 5.41) is 0. The summed E-state index contributed by atoms with van der Waals surface area (Å²) in [7, 11) is 0. The van der Waals surface area contributed by atoms with Crippen LogP contribution in [-0.2, 0) is 28.6 Å². The lowest BCUT2D eigenvalue weighted by molar-refractivity contribution is -0.167. The monoisotopic (exact) mass is 1010 g/mol. The van der Waals surface area contributed by atoms with E-state index in [2.05, 4.69) is 118 Å². The van der Waals surface area contributed by atoms with Crippen molar-refractivity contribution in [1.29, 1.82) is 0 Å². The number of allylic oxidation sites excluding steroid dienone is 16. The summed E-state index contributed by atoms with van der Waals surface area (Å²) in [5.74, 6) is -0.925. The van der Waals surface area contributed by atoms with Crippen LogP contribution in [0.1, 0.15) is 290 Å². The summed E-state index contributed by atoms with van der Waals surface area (Å²) in [5.41, 5.74) is 0. The van der Waals surface area contributed by atoms with Gasteiger partial charge in [-0.25, -0.2) is 0 Å². The van der Waals surface area contributed by atoms with Crippen LogP contribution in [0.3, 0.4) is 0 Å². The molecule has 0 spiro atoms. The molecule has 0 N–H and O–H groups in total. The highest BCUT2D eigenvalue weighted by molar-refractivity contribution is 5.71. The molecule has 0 fully saturated rings. The number of rotatable bonds is 55. The molecule has 73 heavy (non-hydrogen) atoms. The molecule has 0 saturated heterocycles. The number of hydrogen-bond acceptors (Lipinski definition) is 6. The van der Waals surface area contributed by atoms with Crippen LogP contribution in [0.4, 0.5) is 0 Å². The van der Waals surface area contributed by atoms with E-state index in [1.807, 2.05) is 0 Å². The fourth-order valence-electron chi connectivity index (χ4n) is 8.52. The van der Waals surface area contributed by atoms with Crippen LogP contribution in [-0.4, -0.2) is 37.2 Å². The lowest BCUT2D eigenvalue weighted by Crippen LogP contribution is -2.30. The molecule has 0 aromatic heterocycles. The Hall–Kier alpha value is -3.67. The average molecular weight is 1020 g/mol. The smallest absolute Gasteiger partial charge is 0.306 e. The van der Waals surface area contributed by atoms with Crippen LogP contribution < -0.4 is 0 Å². The van der Waals surface area contributed by atoms with E-state index in [1.165, 1.54) is 141 Å². The summed E-state index contributed by atoms with van der Waals surface area (Å²) in [6, 6.07) is 0. The lowest BCUT2D eigenvalue weighted by atomic mass is 10.0. The first kappa shape index (κ1) is 69.3. The molecule has 0 aliphatic heterocycles. The van der Waals surface area contributed by atoms with Crippen LogP contribution >= 0.6 is 0 Å². The summed E-state index contributed by atoms with van der Waals surface area (Å²) in [6.45, 7) is 6.51. The van der Waals surface area contributed by atoms with Crippen LogP contribution in [0.5, 0.6) is 0 Å². The molecule has 0 saturated carbocycles. The van der Waals surface area contributed by atoms with E-state index in [0.29, 0.717) is 19.3 Å². The minimum absolute atomic E-state index is 0.0877. The van der Waals surface area contributed by atoms with Gasteiger partial charge >= 0.3 is 17.9 Å². The first-order valence-corrected chi connectivity index (χ1v) is 30.7. The molecule has 0 aliphatic carbocycles. The highest BCUT2D eigenvalue weighted by Crippen LogP contribution is 2.16. The van der Waals surface area contributed by atoms with Gasteiger partial charge in [0.15, 0.2) is 6.10 Å². The van der Waals surface area contributed by atoms with Crippen molar-refractivity contribution in [1.82, 2.24) is 0 Å². The summed E-state index contributed by atoms with van der Waals surface area (Å²) in [6.07, 6.45) is 81.2. The second kappa shape index (κ2) is 60.9. The molecule has 418 valence electrons. The average Bonchev–Trinajstić information content (AvgIpc) is 3.39. The third-order valence-electron chi connectivity index (χ3n) is 13.1.